The molecule has 1 heterocycles. The van der Waals surface area contributed by atoms with Gasteiger partial charge in [0.1, 0.15) is 27.5 Å². The van der Waals surface area contributed by atoms with Gasteiger partial charge in [-0.1, -0.05) is 32.4 Å². The molecule has 1 aromatic heterocycles. The van der Waals surface area contributed by atoms with Crippen LogP contribution in [0, 0.1) is 0 Å². The summed E-state index contributed by atoms with van der Waals surface area (Å²) in [5.41, 5.74) is 7.97. The molecule has 6 nitrogen and oxygen atoms in total. The highest BCUT2D eigenvalue weighted by atomic mass is 15.4. The first-order chi connectivity index (χ1) is 8.36. The van der Waals surface area contributed by atoms with Gasteiger partial charge in [0.15, 0.2) is 0 Å². The van der Waals surface area contributed by atoms with Gasteiger partial charge in [0, 0.05) is 5.82 Å². The largest absolute Gasteiger partial charge is 0.468 e. The van der Waals surface area contributed by atoms with Crippen LogP contribution in [0.15, 0.2) is 23.3 Å². The van der Waals surface area contributed by atoms with Gasteiger partial charge in [-0.2, -0.15) is 9.37 Å². The summed E-state index contributed by atoms with van der Waals surface area (Å²) in [4.78, 5) is 3.80. The third-order valence-corrected chi connectivity index (χ3v) is 1.83. The Kier molecular flexibility index (Phi) is 7.11. The standard InChI is InChI=1S/C7H11N3.C5H11N3/c1-9(2)8-7-5-4-6-10(7)3;1-5(6-2)7-8(3)4/h4-6H,1H2,2-3H3;3H2,1-2,4H3. The van der Waals surface area contributed by atoms with E-state index in [1.807, 2.05) is 36.9 Å². The Morgan fingerprint density at radius 3 is 2.22 bits per heavy atom. The molecule has 0 amide bonds. The Hall–Kier alpha value is -2.11. The Balaban J connectivity index is 0.000000331. The van der Waals surface area contributed by atoms with E-state index in [0.717, 1.165) is 11.7 Å². The Morgan fingerprint density at radius 2 is 1.94 bits per heavy atom. The number of hydrogen-bond donors (Lipinski definition) is 0. The molecule has 1 rings (SSSR count). The number of aliphatic imine (C=N–C) groups is 1. The van der Waals surface area contributed by atoms with Gasteiger partial charge < -0.3 is 9.56 Å². The van der Waals surface area contributed by atoms with Crippen molar-refractivity contribution in [3.63, 3.8) is 0 Å². The molecule has 0 aliphatic carbocycles. The third kappa shape index (κ3) is 7.21. The van der Waals surface area contributed by atoms with Gasteiger partial charge in [-0.05, 0) is 12.8 Å². The lowest BCUT2D eigenvalue weighted by Crippen LogP contribution is -2.00. The number of rotatable bonds is 3. The lowest BCUT2D eigenvalue weighted by Gasteiger charge is -2.08. The molecule has 0 fully saturated rings. The second-order valence-electron chi connectivity index (χ2n) is 3.76. The highest BCUT2D eigenvalue weighted by Gasteiger charge is 1.87. The molecule has 0 spiro atoms. The predicted octanol–water partition coefficient (Wildman–Crippen LogP) is 1.95. The van der Waals surface area contributed by atoms with E-state index in [9.17, 15) is 0 Å². The molecule has 0 N–H and O–H groups in total. The van der Waals surface area contributed by atoms with Crippen LogP contribution in [0.4, 0.5) is 5.82 Å². The first kappa shape index (κ1) is 15.9. The van der Waals surface area contributed by atoms with Crippen LogP contribution >= 0.6 is 0 Å². The lowest BCUT2D eigenvalue weighted by atomic mass is 10.6. The zero-order valence-corrected chi connectivity index (χ0v) is 11.8. The van der Waals surface area contributed by atoms with Crippen LogP contribution in [0.3, 0.4) is 0 Å². The molecule has 100 valence electrons. The van der Waals surface area contributed by atoms with Crippen LogP contribution in [0.5, 0.6) is 0 Å². The maximum atomic E-state index is 4.10. The van der Waals surface area contributed by atoms with Crippen LogP contribution in [-0.4, -0.2) is 54.3 Å². The highest BCUT2D eigenvalue weighted by molar-refractivity contribution is 5.89. The monoisotopic (exact) mass is 250 g/mol. The van der Waals surface area contributed by atoms with E-state index >= 15 is 0 Å². The molecule has 0 aromatic carbocycles. The van der Waals surface area contributed by atoms with Crippen LogP contribution in [0.1, 0.15) is 6.92 Å². The second kappa shape index (κ2) is 8.05. The summed E-state index contributed by atoms with van der Waals surface area (Å²) in [5.74, 6) is 1.65. The van der Waals surface area contributed by atoms with Crippen molar-refractivity contribution >= 4 is 25.1 Å². The van der Waals surface area contributed by atoms with E-state index in [4.69, 9.17) is 0 Å². The SMILES string of the molecule is C=[N+](C)[N-]C(C)=NC.C=[N+](C)[N-]c1cccn1C. The topological polar surface area (TPSA) is 51.5 Å². The zero-order chi connectivity index (χ0) is 14.1. The maximum absolute atomic E-state index is 4.10. The average molecular weight is 250 g/mol. The van der Waals surface area contributed by atoms with E-state index in [-0.39, 0.29) is 0 Å². The molecule has 1 aromatic rings. The first-order valence-corrected chi connectivity index (χ1v) is 5.43. The minimum absolute atomic E-state index is 0.738. The third-order valence-electron chi connectivity index (χ3n) is 1.83. The summed E-state index contributed by atoms with van der Waals surface area (Å²) in [5, 5.41) is 0. The molecule has 0 bridgehead atoms. The summed E-state index contributed by atoms with van der Waals surface area (Å²) in [6, 6.07) is 3.88. The number of aryl methyl sites for hydroxylation is 1. The predicted molar refractivity (Wildman–Crippen MR) is 77.4 cm³/mol. The Bertz CT molecular complexity index is 430. The molecule has 0 atom stereocenters. The van der Waals surface area contributed by atoms with Crippen molar-refractivity contribution in [1.29, 1.82) is 0 Å². The van der Waals surface area contributed by atoms with E-state index in [1.165, 1.54) is 9.37 Å². The lowest BCUT2D eigenvalue weighted by molar-refractivity contribution is -0.428. The van der Waals surface area contributed by atoms with Crippen LogP contribution in [-0.2, 0) is 7.05 Å². The Labute approximate surface area is 109 Å². The van der Waals surface area contributed by atoms with Crippen LogP contribution in [0.25, 0.3) is 10.9 Å². The van der Waals surface area contributed by atoms with Gasteiger partial charge in [0.25, 0.3) is 0 Å². The van der Waals surface area contributed by atoms with Gasteiger partial charge in [0.2, 0.25) is 0 Å². The number of hydrogen-bond acceptors (Lipinski definition) is 1. The van der Waals surface area contributed by atoms with Gasteiger partial charge in [-0.15, -0.1) is 0 Å². The van der Waals surface area contributed by atoms with Crippen molar-refractivity contribution in [1.82, 2.24) is 4.57 Å². The van der Waals surface area contributed by atoms with Crippen LogP contribution in [0.2, 0.25) is 0 Å². The van der Waals surface area contributed by atoms with Gasteiger partial charge in [-0.3, -0.25) is 0 Å². The Morgan fingerprint density at radius 1 is 1.33 bits per heavy atom. The fourth-order valence-electron chi connectivity index (χ4n) is 1.02. The van der Waals surface area contributed by atoms with Gasteiger partial charge in [0.05, 0.1) is 0 Å². The molecule has 0 saturated carbocycles. The smallest absolute Gasteiger partial charge is 0.145 e. The summed E-state index contributed by atoms with van der Waals surface area (Å²) in [6.45, 7) is 8.94. The van der Waals surface area contributed by atoms with Crippen molar-refractivity contribution in [3.8, 4) is 0 Å². The molecule has 0 unspecified atom stereocenters. The molecule has 6 heteroatoms. The molecule has 0 saturated heterocycles. The quantitative estimate of drug-likeness (QED) is 0.341. The fourth-order valence-corrected chi connectivity index (χ4v) is 1.02. The normalized spacial score (nSPS) is 10.2. The van der Waals surface area contributed by atoms with Crippen molar-refractivity contribution in [2.45, 2.75) is 6.92 Å². The number of amidine groups is 1. The van der Waals surface area contributed by atoms with E-state index in [2.05, 4.69) is 29.3 Å². The summed E-state index contributed by atoms with van der Waals surface area (Å²) in [6.07, 6.45) is 1.95. The average Bonchev–Trinajstić information content (AvgIpc) is 2.63. The van der Waals surface area contributed by atoms with Crippen molar-refractivity contribution in [2.75, 3.05) is 21.1 Å². The minimum Gasteiger partial charge on any atom is -0.468 e. The molecule has 0 aliphatic heterocycles. The van der Waals surface area contributed by atoms with Gasteiger partial charge in [-0.25, -0.2) is 10.9 Å². The van der Waals surface area contributed by atoms with E-state index < -0.39 is 0 Å². The summed E-state index contributed by atoms with van der Waals surface area (Å²) >= 11 is 0. The maximum Gasteiger partial charge on any atom is 0.145 e. The van der Waals surface area contributed by atoms with E-state index in [0.29, 0.717) is 0 Å². The molecule has 0 radical (unpaired) electrons. The second-order valence-corrected chi connectivity index (χ2v) is 3.76. The summed E-state index contributed by atoms with van der Waals surface area (Å²) < 4.78 is 4.94. The number of nitrogens with zero attached hydrogens (tertiary/aromatic N) is 6. The molecular formula is C12H22N6. The van der Waals surface area contributed by atoms with E-state index in [1.54, 1.807) is 21.1 Å². The van der Waals surface area contributed by atoms with Crippen molar-refractivity contribution < 1.29 is 9.37 Å². The fraction of sp³-hybridized carbons (Fsp3) is 0.417. The zero-order valence-electron chi connectivity index (χ0n) is 11.8. The summed E-state index contributed by atoms with van der Waals surface area (Å²) in [7, 11) is 7.20. The molecule has 18 heavy (non-hydrogen) atoms. The highest BCUT2D eigenvalue weighted by Crippen LogP contribution is 2.15. The van der Waals surface area contributed by atoms with Crippen molar-refractivity contribution in [2.24, 2.45) is 12.0 Å². The van der Waals surface area contributed by atoms with Crippen molar-refractivity contribution in [3.05, 3.63) is 29.2 Å². The van der Waals surface area contributed by atoms with Crippen LogP contribution < -0.4 is 0 Å². The first-order valence-electron chi connectivity index (χ1n) is 5.43. The minimum atomic E-state index is 0.738. The molecular weight excluding hydrogens is 228 g/mol. The number of aromatic nitrogens is 1. The molecule has 0 aliphatic rings. The van der Waals surface area contributed by atoms with Gasteiger partial charge >= 0.3 is 0 Å².